The van der Waals surface area contributed by atoms with E-state index in [0.29, 0.717) is 0 Å². The van der Waals surface area contributed by atoms with Gasteiger partial charge in [0.15, 0.2) is 18.2 Å². The molecule has 4 heteroatoms. The van der Waals surface area contributed by atoms with Crippen molar-refractivity contribution in [1.29, 1.82) is 0 Å². The molecule has 0 aliphatic carbocycles. The molecule has 0 aliphatic heterocycles. The average Bonchev–Trinajstić information content (AvgIpc) is 2.59. The lowest BCUT2D eigenvalue weighted by Gasteiger charge is -2.23. The van der Waals surface area contributed by atoms with E-state index < -0.39 is 5.82 Å². The maximum Gasteiger partial charge on any atom is 0.258 e. The standard InChI is InChI=1S/C20H24FNO2/c1-4-15-9-11-16(12-10-15)20(14(2)3)22-19(23)13-24-18-8-6-5-7-17(18)21/h5-12,14,20H,4,13H2,1-3H3,(H,22,23)/t20-/m0/s1. The van der Waals surface area contributed by atoms with E-state index in [1.807, 2.05) is 12.1 Å². The van der Waals surface area contributed by atoms with Crippen LogP contribution in [0, 0.1) is 11.7 Å². The lowest BCUT2D eigenvalue weighted by Crippen LogP contribution is -2.35. The van der Waals surface area contributed by atoms with Crippen molar-refractivity contribution in [3.8, 4) is 5.75 Å². The number of aryl methyl sites for hydroxylation is 1. The van der Waals surface area contributed by atoms with Crippen LogP contribution in [0.2, 0.25) is 0 Å². The first kappa shape index (κ1) is 18.0. The van der Waals surface area contributed by atoms with Crippen LogP contribution in [0.3, 0.4) is 0 Å². The van der Waals surface area contributed by atoms with Crippen LogP contribution in [0.1, 0.15) is 37.9 Å². The lowest BCUT2D eigenvalue weighted by atomic mass is 9.95. The van der Waals surface area contributed by atoms with Gasteiger partial charge in [-0.25, -0.2) is 4.39 Å². The fourth-order valence-corrected chi connectivity index (χ4v) is 2.52. The van der Waals surface area contributed by atoms with Crippen molar-refractivity contribution < 1.29 is 13.9 Å². The molecule has 0 radical (unpaired) electrons. The second-order valence-corrected chi connectivity index (χ2v) is 6.10. The van der Waals surface area contributed by atoms with Crippen LogP contribution in [0.5, 0.6) is 5.75 Å². The summed E-state index contributed by atoms with van der Waals surface area (Å²) in [5.74, 6) is -0.423. The summed E-state index contributed by atoms with van der Waals surface area (Å²) in [4.78, 5) is 12.2. The summed E-state index contributed by atoms with van der Waals surface area (Å²) in [6.45, 7) is 6.00. The van der Waals surface area contributed by atoms with Crippen molar-refractivity contribution in [3.05, 3.63) is 65.5 Å². The highest BCUT2D eigenvalue weighted by Crippen LogP contribution is 2.22. The largest absolute Gasteiger partial charge is 0.481 e. The normalized spacial score (nSPS) is 12.0. The van der Waals surface area contributed by atoms with Gasteiger partial charge in [-0.2, -0.15) is 0 Å². The van der Waals surface area contributed by atoms with Gasteiger partial charge in [0, 0.05) is 0 Å². The second-order valence-electron chi connectivity index (χ2n) is 6.10. The van der Waals surface area contributed by atoms with Gasteiger partial charge in [0.25, 0.3) is 5.91 Å². The summed E-state index contributed by atoms with van der Waals surface area (Å²) < 4.78 is 18.8. The number of carbonyl (C=O) groups excluding carboxylic acids is 1. The maximum atomic E-state index is 13.5. The van der Waals surface area contributed by atoms with E-state index in [-0.39, 0.29) is 30.2 Å². The summed E-state index contributed by atoms with van der Waals surface area (Å²) in [5, 5.41) is 2.97. The Morgan fingerprint density at radius 2 is 1.79 bits per heavy atom. The van der Waals surface area contributed by atoms with Crippen molar-refractivity contribution in [3.63, 3.8) is 0 Å². The van der Waals surface area contributed by atoms with Gasteiger partial charge in [-0.1, -0.05) is 57.2 Å². The van der Waals surface area contributed by atoms with Gasteiger partial charge in [0.05, 0.1) is 6.04 Å². The van der Waals surface area contributed by atoms with Crippen LogP contribution >= 0.6 is 0 Å². The molecule has 0 saturated heterocycles. The molecule has 2 rings (SSSR count). The highest BCUT2D eigenvalue weighted by molar-refractivity contribution is 5.78. The van der Waals surface area contributed by atoms with Crippen LogP contribution in [0.25, 0.3) is 0 Å². The molecule has 0 aromatic heterocycles. The second kappa shape index (κ2) is 8.48. The Balaban J connectivity index is 1.99. The number of halogens is 1. The summed E-state index contributed by atoms with van der Waals surface area (Å²) in [7, 11) is 0. The molecule has 0 fully saturated rings. The molecule has 0 spiro atoms. The molecule has 24 heavy (non-hydrogen) atoms. The van der Waals surface area contributed by atoms with Crippen molar-refractivity contribution >= 4 is 5.91 Å². The van der Waals surface area contributed by atoms with Gasteiger partial charge in [-0.05, 0) is 35.6 Å². The highest BCUT2D eigenvalue weighted by atomic mass is 19.1. The molecule has 1 atom stereocenters. The molecule has 0 aliphatic rings. The van der Waals surface area contributed by atoms with Crippen LogP contribution < -0.4 is 10.1 Å². The number of hydrogen-bond acceptors (Lipinski definition) is 2. The van der Waals surface area contributed by atoms with E-state index in [2.05, 4.69) is 38.2 Å². The number of ether oxygens (including phenoxy) is 1. The predicted molar refractivity (Wildman–Crippen MR) is 93.4 cm³/mol. The third-order valence-electron chi connectivity index (χ3n) is 3.93. The molecular formula is C20H24FNO2. The number of benzene rings is 2. The molecule has 1 N–H and O–H groups in total. The molecule has 2 aromatic rings. The maximum absolute atomic E-state index is 13.5. The van der Waals surface area contributed by atoms with Gasteiger partial charge in [0.2, 0.25) is 0 Å². The zero-order chi connectivity index (χ0) is 17.5. The highest BCUT2D eigenvalue weighted by Gasteiger charge is 2.18. The van der Waals surface area contributed by atoms with Gasteiger partial charge in [0.1, 0.15) is 0 Å². The van der Waals surface area contributed by atoms with Crippen molar-refractivity contribution in [1.82, 2.24) is 5.32 Å². The Kier molecular flexibility index (Phi) is 6.36. The van der Waals surface area contributed by atoms with Crippen LogP contribution in [0.15, 0.2) is 48.5 Å². The number of para-hydroxylation sites is 1. The summed E-state index contributed by atoms with van der Waals surface area (Å²) in [6, 6.07) is 14.2. The smallest absolute Gasteiger partial charge is 0.258 e. The Morgan fingerprint density at radius 1 is 1.12 bits per heavy atom. The number of hydrogen-bond donors (Lipinski definition) is 1. The summed E-state index contributed by atoms with van der Waals surface area (Å²) in [5.41, 5.74) is 2.32. The van der Waals surface area contributed by atoms with E-state index in [1.54, 1.807) is 12.1 Å². The minimum Gasteiger partial charge on any atom is -0.481 e. The molecular weight excluding hydrogens is 305 g/mol. The lowest BCUT2D eigenvalue weighted by molar-refractivity contribution is -0.124. The van der Waals surface area contributed by atoms with Gasteiger partial charge >= 0.3 is 0 Å². The molecule has 0 bridgehead atoms. The third kappa shape index (κ3) is 4.82. The number of carbonyl (C=O) groups is 1. The van der Waals surface area contributed by atoms with E-state index >= 15 is 0 Å². The van der Waals surface area contributed by atoms with Gasteiger partial charge in [-0.15, -0.1) is 0 Å². The monoisotopic (exact) mass is 329 g/mol. The molecule has 3 nitrogen and oxygen atoms in total. The molecule has 128 valence electrons. The molecule has 2 aromatic carbocycles. The number of amides is 1. The quantitative estimate of drug-likeness (QED) is 0.823. The SMILES string of the molecule is CCc1ccc([C@@H](NC(=O)COc2ccccc2F)C(C)C)cc1. The number of nitrogens with one attached hydrogen (secondary N) is 1. The van der Waals surface area contributed by atoms with Gasteiger partial charge in [-0.3, -0.25) is 4.79 Å². The third-order valence-corrected chi connectivity index (χ3v) is 3.93. The van der Waals surface area contributed by atoms with E-state index in [0.717, 1.165) is 12.0 Å². The zero-order valence-electron chi connectivity index (χ0n) is 14.4. The van der Waals surface area contributed by atoms with Gasteiger partial charge < -0.3 is 10.1 Å². The minimum absolute atomic E-state index is 0.0843. The van der Waals surface area contributed by atoms with Crippen LogP contribution in [-0.4, -0.2) is 12.5 Å². The topological polar surface area (TPSA) is 38.3 Å². The first-order valence-corrected chi connectivity index (χ1v) is 8.26. The molecule has 0 saturated carbocycles. The fourth-order valence-electron chi connectivity index (χ4n) is 2.52. The minimum atomic E-state index is -0.471. The average molecular weight is 329 g/mol. The van der Waals surface area contributed by atoms with Crippen molar-refractivity contribution in [2.75, 3.05) is 6.61 Å². The van der Waals surface area contributed by atoms with Crippen molar-refractivity contribution in [2.45, 2.75) is 33.2 Å². The molecule has 1 amide bonds. The van der Waals surface area contributed by atoms with E-state index in [9.17, 15) is 9.18 Å². The van der Waals surface area contributed by atoms with Crippen LogP contribution in [0.4, 0.5) is 4.39 Å². The summed E-state index contributed by atoms with van der Waals surface area (Å²) in [6.07, 6.45) is 0.982. The van der Waals surface area contributed by atoms with Crippen molar-refractivity contribution in [2.24, 2.45) is 5.92 Å². The predicted octanol–water partition coefficient (Wildman–Crippen LogP) is 4.28. The molecule has 0 unspecified atom stereocenters. The van der Waals surface area contributed by atoms with E-state index in [1.165, 1.54) is 17.7 Å². The Labute approximate surface area is 142 Å². The van der Waals surface area contributed by atoms with Crippen LogP contribution in [-0.2, 0) is 11.2 Å². The zero-order valence-corrected chi connectivity index (χ0v) is 14.4. The van der Waals surface area contributed by atoms with E-state index in [4.69, 9.17) is 4.74 Å². The Hall–Kier alpha value is -2.36. The number of rotatable bonds is 7. The molecule has 0 heterocycles. The first-order valence-electron chi connectivity index (χ1n) is 8.26. The fraction of sp³-hybridized carbons (Fsp3) is 0.350. The Morgan fingerprint density at radius 3 is 2.38 bits per heavy atom. The first-order chi connectivity index (χ1) is 11.5. The Bertz CT molecular complexity index is 668. The summed E-state index contributed by atoms with van der Waals surface area (Å²) >= 11 is 0.